The van der Waals surface area contributed by atoms with Gasteiger partial charge in [0.1, 0.15) is 0 Å². The molecule has 1 unspecified atom stereocenters. The van der Waals surface area contributed by atoms with E-state index in [0.29, 0.717) is 26.2 Å². The maximum absolute atomic E-state index is 11.9. The highest BCUT2D eigenvalue weighted by molar-refractivity contribution is 5.88. The van der Waals surface area contributed by atoms with Crippen molar-refractivity contribution in [3.63, 3.8) is 0 Å². The van der Waals surface area contributed by atoms with Crippen molar-refractivity contribution < 1.29 is 14.7 Å². The van der Waals surface area contributed by atoms with Crippen molar-refractivity contribution in [1.29, 1.82) is 0 Å². The molecular formula is C11H21N3O3. The lowest BCUT2D eigenvalue weighted by Crippen LogP contribution is -2.55. The molecule has 1 saturated heterocycles. The lowest BCUT2D eigenvalue weighted by Gasteiger charge is -2.31. The number of amides is 2. The third kappa shape index (κ3) is 3.67. The van der Waals surface area contributed by atoms with Crippen molar-refractivity contribution in [2.75, 3.05) is 39.8 Å². The lowest BCUT2D eigenvalue weighted by molar-refractivity contribution is -0.140. The second kappa shape index (κ2) is 6.56. The number of hydrogen-bond acceptors (Lipinski definition) is 4. The first kappa shape index (κ1) is 13.9. The van der Waals surface area contributed by atoms with E-state index < -0.39 is 6.04 Å². The van der Waals surface area contributed by atoms with Crippen LogP contribution in [-0.4, -0.2) is 72.6 Å². The summed E-state index contributed by atoms with van der Waals surface area (Å²) >= 11 is 0. The number of carbonyl (C=O) groups is 2. The van der Waals surface area contributed by atoms with Crippen molar-refractivity contribution in [3.05, 3.63) is 0 Å². The maximum atomic E-state index is 11.9. The maximum Gasteiger partial charge on any atom is 0.240 e. The van der Waals surface area contributed by atoms with Gasteiger partial charge in [0, 0.05) is 33.2 Å². The standard InChI is InChI=1S/C11H21N3O3/c1-3-14(6-7-15)10(16)8-9-11(17)13(2)5-4-12-9/h9,12,15H,3-8H2,1-2H3. The Morgan fingerprint density at radius 1 is 1.65 bits per heavy atom. The Morgan fingerprint density at radius 2 is 2.35 bits per heavy atom. The summed E-state index contributed by atoms with van der Waals surface area (Å²) in [5, 5.41) is 11.9. The summed E-state index contributed by atoms with van der Waals surface area (Å²) in [6.45, 7) is 4.08. The van der Waals surface area contributed by atoms with Crippen LogP contribution in [0.3, 0.4) is 0 Å². The van der Waals surface area contributed by atoms with Gasteiger partial charge in [-0.25, -0.2) is 0 Å². The molecule has 1 heterocycles. The number of nitrogens with one attached hydrogen (secondary N) is 1. The average molecular weight is 243 g/mol. The molecule has 1 fully saturated rings. The monoisotopic (exact) mass is 243 g/mol. The Bertz CT molecular complexity index is 283. The first-order valence-electron chi connectivity index (χ1n) is 5.97. The Morgan fingerprint density at radius 3 is 2.94 bits per heavy atom. The van der Waals surface area contributed by atoms with E-state index in [1.54, 1.807) is 16.8 Å². The summed E-state index contributed by atoms with van der Waals surface area (Å²) in [6, 6.07) is -0.422. The van der Waals surface area contributed by atoms with Crippen LogP contribution in [0.5, 0.6) is 0 Å². The van der Waals surface area contributed by atoms with E-state index in [4.69, 9.17) is 5.11 Å². The van der Waals surface area contributed by atoms with E-state index in [1.807, 2.05) is 6.92 Å². The van der Waals surface area contributed by atoms with Gasteiger partial charge in [-0.05, 0) is 6.92 Å². The summed E-state index contributed by atoms with van der Waals surface area (Å²) in [4.78, 5) is 26.9. The van der Waals surface area contributed by atoms with Gasteiger partial charge in [0.25, 0.3) is 0 Å². The summed E-state index contributed by atoms with van der Waals surface area (Å²) in [5.41, 5.74) is 0. The number of likely N-dealkylation sites (N-methyl/N-ethyl adjacent to an activating group) is 2. The van der Waals surface area contributed by atoms with Gasteiger partial charge >= 0.3 is 0 Å². The van der Waals surface area contributed by atoms with Crippen molar-refractivity contribution in [2.24, 2.45) is 0 Å². The first-order chi connectivity index (χ1) is 8.10. The zero-order chi connectivity index (χ0) is 12.8. The van der Waals surface area contributed by atoms with E-state index in [-0.39, 0.29) is 24.8 Å². The summed E-state index contributed by atoms with van der Waals surface area (Å²) in [6.07, 6.45) is 0.164. The van der Waals surface area contributed by atoms with E-state index in [1.165, 1.54) is 0 Å². The van der Waals surface area contributed by atoms with Gasteiger partial charge < -0.3 is 20.2 Å². The van der Waals surface area contributed by atoms with E-state index in [9.17, 15) is 9.59 Å². The van der Waals surface area contributed by atoms with Gasteiger partial charge in [0.15, 0.2) is 0 Å². The summed E-state index contributed by atoms with van der Waals surface area (Å²) in [5.74, 6) is -0.132. The van der Waals surface area contributed by atoms with Crippen molar-refractivity contribution >= 4 is 11.8 Å². The minimum absolute atomic E-state index is 0.0374. The van der Waals surface area contributed by atoms with Crippen LogP contribution in [0.1, 0.15) is 13.3 Å². The van der Waals surface area contributed by atoms with Crippen molar-refractivity contribution in [2.45, 2.75) is 19.4 Å². The van der Waals surface area contributed by atoms with Crippen LogP contribution < -0.4 is 5.32 Å². The minimum Gasteiger partial charge on any atom is -0.395 e. The van der Waals surface area contributed by atoms with Crippen LogP contribution in [0.2, 0.25) is 0 Å². The Hall–Kier alpha value is -1.14. The van der Waals surface area contributed by atoms with Gasteiger partial charge in [-0.3, -0.25) is 9.59 Å². The second-order valence-electron chi connectivity index (χ2n) is 4.17. The molecule has 1 rings (SSSR count). The molecule has 17 heavy (non-hydrogen) atoms. The molecule has 6 heteroatoms. The fraction of sp³-hybridized carbons (Fsp3) is 0.818. The molecular weight excluding hydrogens is 222 g/mol. The van der Waals surface area contributed by atoms with Gasteiger partial charge in [0.05, 0.1) is 19.1 Å². The number of carbonyl (C=O) groups excluding carboxylic acids is 2. The molecule has 2 amide bonds. The summed E-state index contributed by atoms with van der Waals surface area (Å²) < 4.78 is 0. The highest BCUT2D eigenvalue weighted by Crippen LogP contribution is 2.05. The smallest absolute Gasteiger partial charge is 0.240 e. The van der Waals surface area contributed by atoms with Crippen LogP contribution in [-0.2, 0) is 9.59 Å². The number of rotatable bonds is 5. The number of hydrogen-bond donors (Lipinski definition) is 2. The highest BCUT2D eigenvalue weighted by atomic mass is 16.3. The Balaban J connectivity index is 2.52. The van der Waals surface area contributed by atoms with Gasteiger partial charge in [0.2, 0.25) is 11.8 Å². The normalized spacial score (nSPS) is 20.5. The predicted octanol–water partition coefficient (Wildman–Crippen LogP) is -1.35. The van der Waals surface area contributed by atoms with E-state index in [2.05, 4.69) is 5.32 Å². The molecule has 6 nitrogen and oxygen atoms in total. The second-order valence-corrected chi connectivity index (χ2v) is 4.17. The lowest BCUT2D eigenvalue weighted by atomic mass is 10.1. The van der Waals surface area contributed by atoms with Crippen LogP contribution in [0, 0.1) is 0 Å². The Kier molecular flexibility index (Phi) is 5.37. The number of aliphatic hydroxyl groups is 1. The third-order valence-electron chi connectivity index (χ3n) is 3.00. The summed E-state index contributed by atoms with van der Waals surface area (Å²) in [7, 11) is 1.74. The first-order valence-corrected chi connectivity index (χ1v) is 5.97. The zero-order valence-corrected chi connectivity index (χ0v) is 10.5. The minimum atomic E-state index is -0.422. The molecule has 0 aromatic carbocycles. The van der Waals surface area contributed by atoms with E-state index >= 15 is 0 Å². The van der Waals surface area contributed by atoms with E-state index in [0.717, 1.165) is 0 Å². The fourth-order valence-corrected chi connectivity index (χ4v) is 1.91. The van der Waals surface area contributed by atoms with Crippen LogP contribution in [0.4, 0.5) is 0 Å². The van der Waals surface area contributed by atoms with Crippen molar-refractivity contribution in [3.8, 4) is 0 Å². The predicted molar refractivity (Wildman–Crippen MR) is 63.4 cm³/mol. The number of nitrogens with zero attached hydrogens (tertiary/aromatic N) is 2. The topological polar surface area (TPSA) is 72.9 Å². The molecule has 0 aliphatic carbocycles. The van der Waals surface area contributed by atoms with Crippen LogP contribution in [0.15, 0.2) is 0 Å². The molecule has 0 bridgehead atoms. The molecule has 0 saturated carbocycles. The molecule has 1 aliphatic heterocycles. The molecule has 0 aromatic rings. The molecule has 1 atom stereocenters. The highest BCUT2D eigenvalue weighted by Gasteiger charge is 2.29. The quantitative estimate of drug-likeness (QED) is 0.626. The third-order valence-corrected chi connectivity index (χ3v) is 3.00. The molecule has 1 aliphatic rings. The molecule has 0 aromatic heterocycles. The Labute approximate surface area is 102 Å². The number of piperazine rings is 1. The zero-order valence-electron chi connectivity index (χ0n) is 10.5. The molecule has 2 N–H and O–H groups in total. The van der Waals surface area contributed by atoms with Crippen LogP contribution >= 0.6 is 0 Å². The molecule has 0 spiro atoms. The molecule has 0 radical (unpaired) electrons. The van der Waals surface area contributed by atoms with Gasteiger partial charge in [-0.1, -0.05) is 0 Å². The van der Waals surface area contributed by atoms with Crippen LogP contribution in [0.25, 0.3) is 0 Å². The SMILES string of the molecule is CCN(CCO)C(=O)CC1NCCN(C)C1=O. The fourth-order valence-electron chi connectivity index (χ4n) is 1.91. The van der Waals surface area contributed by atoms with Crippen molar-refractivity contribution in [1.82, 2.24) is 15.1 Å². The largest absolute Gasteiger partial charge is 0.395 e. The molecule has 98 valence electrons. The van der Waals surface area contributed by atoms with Gasteiger partial charge in [-0.2, -0.15) is 0 Å². The average Bonchev–Trinajstić information content (AvgIpc) is 2.31. The number of aliphatic hydroxyl groups excluding tert-OH is 1. The van der Waals surface area contributed by atoms with Gasteiger partial charge in [-0.15, -0.1) is 0 Å².